The minimum Gasteiger partial charge on any atom is -0.352 e. The molecular weight excluding hydrogens is 570 g/mol. The fourth-order valence-corrected chi connectivity index (χ4v) is 10.2. The third-order valence-corrected chi connectivity index (χ3v) is 12.1. The first kappa shape index (κ1) is 31.1. The van der Waals surface area contributed by atoms with Gasteiger partial charge in [0.25, 0.3) is 0 Å². The summed E-state index contributed by atoms with van der Waals surface area (Å²) < 4.78 is 27.6. The first-order valence-corrected chi connectivity index (χ1v) is 18.6. The quantitative estimate of drug-likeness (QED) is 0.330. The molecule has 1 atom stereocenters. The molecule has 2 aromatic carbocycles. The number of hydrogen-bond donors (Lipinski definition) is 1. The van der Waals surface area contributed by atoms with E-state index in [-0.39, 0.29) is 36.4 Å². The van der Waals surface area contributed by atoms with Crippen molar-refractivity contribution in [1.29, 1.82) is 0 Å². The average molecular weight is 620 g/mol. The van der Waals surface area contributed by atoms with Crippen molar-refractivity contribution in [3.8, 4) is 0 Å². The highest BCUT2D eigenvalue weighted by Crippen LogP contribution is 2.60. The Bertz CT molecular complexity index is 1430. The van der Waals surface area contributed by atoms with Crippen molar-refractivity contribution in [2.24, 2.45) is 17.8 Å². The van der Waals surface area contributed by atoms with Crippen molar-refractivity contribution < 1.29 is 18.0 Å². The van der Waals surface area contributed by atoms with Crippen LogP contribution in [0.4, 0.5) is 5.69 Å². The Labute approximate surface area is 263 Å². The molecule has 7 rings (SSSR count). The van der Waals surface area contributed by atoms with E-state index >= 15 is 0 Å². The van der Waals surface area contributed by atoms with Crippen molar-refractivity contribution in [2.75, 3.05) is 17.1 Å². The van der Waals surface area contributed by atoms with Gasteiger partial charge in [0.05, 0.1) is 11.9 Å². The monoisotopic (exact) mass is 619 g/mol. The maximum absolute atomic E-state index is 14.1. The zero-order valence-corrected chi connectivity index (χ0v) is 27.5. The highest BCUT2D eigenvalue weighted by Gasteiger charge is 2.51. The summed E-state index contributed by atoms with van der Waals surface area (Å²) in [5.74, 6) is 1.93. The molecule has 0 radical (unpaired) electrons. The summed E-state index contributed by atoms with van der Waals surface area (Å²) in [6.07, 6.45) is 13.5. The van der Waals surface area contributed by atoms with Crippen molar-refractivity contribution in [2.45, 2.75) is 109 Å². The normalized spacial score (nSPS) is 26.8. The van der Waals surface area contributed by atoms with E-state index in [9.17, 15) is 18.0 Å². The van der Waals surface area contributed by atoms with Crippen LogP contribution in [0.1, 0.15) is 94.2 Å². The highest BCUT2D eigenvalue weighted by atomic mass is 32.2. The van der Waals surface area contributed by atoms with Crippen LogP contribution in [-0.4, -0.2) is 50.0 Å². The number of nitrogens with zero attached hydrogens (tertiary/aromatic N) is 2. The summed E-state index contributed by atoms with van der Waals surface area (Å²) in [5, 5.41) is 3.17. The average Bonchev–Trinajstić information content (AvgIpc) is 3.47. The van der Waals surface area contributed by atoms with Crippen molar-refractivity contribution in [1.82, 2.24) is 10.2 Å². The summed E-state index contributed by atoms with van der Waals surface area (Å²) in [7, 11) is -3.77. The van der Waals surface area contributed by atoms with Gasteiger partial charge in [0.1, 0.15) is 12.6 Å². The predicted octanol–water partition coefficient (Wildman–Crippen LogP) is 6.10. The van der Waals surface area contributed by atoms with Crippen LogP contribution in [0.2, 0.25) is 0 Å². The van der Waals surface area contributed by atoms with Crippen LogP contribution in [0.25, 0.3) is 0 Å². The smallest absolute Gasteiger partial charge is 0.244 e. The van der Waals surface area contributed by atoms with E-state index in [4.69, 9.17) is 0 Å². The van der Waals surface area contributed by atoms with Crippen molar-refractivity contribution in [3.63, 3.8) is 0 Å². The maximum atomic E-state index is 14.1. The third kappa shape index (κ3) is 6.56. The zero-order valence-electron chi connectivity index (χ0n) is 26.6. The number of rotatable bonds is 11. The van der Waals surface area contributed by atoms with Gasteiger partial charge >= 0.3 is 0 Å². The van der Waals surface area contributed by atoms with Gasteiger partial charge < -0.3 is 10.2 Å². The number of sulfonamides is 1. The summed E-state index contributed by atoms with van der Waals surface area (Å²) in [5.41, 5.74) is 4.00. The Balaban J connectivity index is 1.25. The number of hydrogen-bond acceptors (Lipinski definition) is 4. The van der Waals surface area contributed by atoms with Crippen LogP contribution >= 0.6 is 0 Å². The van der Waals surface area contributed by atoms with E-state index in [1.807, 2.05) is 50.2 Å². The Morgan fingerprint density at radius 2 is 1.57 bits per heavy atom. The van der Waals surface area contributed by atoms with Gasteiger partial charge in [-0.05, 0) is 111 Å². The second kappa shape index (κ2) is 12.5. The summed E-state index contributed by atoms with van der Waals surface area (Å²) in [4.78, 5) is 29.3. The molecule has 5 saturated carbocycles. The van der Waals surface area contributed by atoms with E-state index in [0.717, 1.165) is 60.8 Å². The van der Waals surface area contributed by atoms with Crippen LogP contribution in [0.15, 0.2) is 48.5 Å². The number of carbonyl (C=O) groups excluding carboxylic acids is 2. The lowest BCUT2D eigenvalue weighted by atomic mass is 9.48. The SMILES string of the molecule is CCC(C(=O)NC1CCCC1)N(Cc1cccc(C)c1)C(=O)CN(c1ccc(C23CC4CC(CC(C4)C2)C3)cc1)S(C)(=O)=O. The molecule has 0 spiro atoms. The molecule has 5 fully saturated rings. The molecule has 0 aromatic heterocycles. The van der Waals surface area contributed by atoms with Crippen LogP contribution in [0.3, 0.4) is 0 Å². The standard InChI is InChI=1S/C36H49N3O4S/c1-4-33(35(41)37-31-10-5-6-11-31)38(23-26-9-7-8-25(2)16-26)34(40)24-39(44(3,42)43)32-14-12-30(13-15-32)36-20-27-17-28(21-36)19-29(18-27)22-36/h7-9,12-16,27-29,31,33H,4-6,10-11,17-24H2,1-3H3,(H,37,41). The molecule has 2 aromatic rings. The number of amides is 2. The maximum Gasteiger partial charge on any atom is 0.244 e. The number of carbonyl (C=O) groups is 2. The van der Waals surface area contributed by atoms with Crippen molar-refractivity contribution in [3.05, 3.63) is 65.2 Å². The first-order valence-electron chi connectivity index (χ1n) is 16.8. The third-order valence-electron chi connectivity index (χ3n) is 11.0. The van der Waals surface area contributed by atoms with Crippen molar-refractivity contribution >= 4 is 27.5 Å². The lowest BCUT2D eigenvalue weighted by molar-refractivity contribution is -0.140. The number of aryl methyl sites for hydroxylation is 1. The minimum absolute atomic E-state index is 0.132. The molecule has 0 heterocycles. The number of nitrogens with one attached hydrogen (secondary N) is 1. The molecule has 5 aliphatic carbocycles. The Kier molecular flexibility index (Phi) is 8.84. The molecule has 8 heteroatoms. The van der Waals surface area contributed by atoms with Gasteiger partial charge in [-0.1, -0.05) is 61.7 Å². The molecule has 2 amide bonds. The molecular formula is C36H49N3O4S. The van der Waals surface area contributed by atoms with Crippen LogP contribution in [0, 0.1) is 24.7 Å². The van der Waals surface area contributed by atoms with Crippen LogP contribution in [0.5, 0.6) is 0 Å². The van der Waals surface area contributed by atoms with Gasteiger partial charge in [-0.2, -0.15) is 0 Å². The zero-order chi connectivity index (χ0) is 31.1. The lowest BCUT2D eigenvalue weighted by Gasteiger charge is -2.57. The summed E-state index contributed by atoms with van der Waals surface area (Å²) in [6.45, 7) is 3.79. The topological polar surface area (TPSA) is 86.8 Å². The number of anilines is 1. The van der Waals surface area contributed by atoms with Gasteiger partial charge in [0.15, 0.2) is 0 Å². The van der Waals surface area contributed by atoms with E-state index in [2.05, 4.69) is 17.4 Å². The molecule has 1 unspecified atom stereocenters. The fourth-order valence-electron chi connectivity index (χ4n) is 9.35. The Hall–Kier alpha value is -2.87. The second-order valence-electron chi connectivity index (χ2n) is 14.4. The molecule has 0 saturated heterocycles. The number of benzene rings is 2. The highest BCUT2D eigenvalue weighted by molar-refractivity contribution is 7.92. The molecule has 1 N–H and O–H groups in total. The first-order chi connectivity index (χ1) is 21.0. The predicted molar refractivity (Wildman–Crippen MR) is 175 cm³/mol. The Morgan fingerprint density at radius 1 is 0.955 bits per heavy atom. The van der Waals surface area contributed by atoms with Crippen LogP contribution < -0.4 is 9.62 Å². The summed E-state index contributed by atoms with van der Waals surface area (Å²) in [6, 6.07) is 15.3. The van der Waals surface area contributed by atoms with E-state index in [1.54, 1.807) is 4.90 Å². The van der Waals surface area contributed by atoms with E-state index in [1.165, 1.54) is 48.4 Å². The summed E-state index contributed by atoms with van der Waals surface area (Å²) >= 11 is 0. The van der Waals surface area contributed by atoms with Gasteiger partial charge in [-0.25, -0.2) is 8.42 Å². The van der Waals surface area contributed by atoms with Gasteiger partial charge in [-0.3, -0.25) is 13.9 Å². The second-order valence-corrected chi connectivity index (χ2v) is 16.3. The lowest BCUT2D eigenvalue weighted by Crippen LogP contribution is -2.53. The molecule has 5 aliphatic rings. The van der Waals surface area contributed by atoms with E-state index < -0.39 is 16.1 Å². The molecule has 238 valence electrons. The Morgan fingerprint density at radius 3 is 2.11 bits per heavy atom. The minimum atomic E-state index is -3.77. The molecule has 4 bridgehead atoms. The fraction of sp³-hybridized carbons (Fsp3) is 0.611. The molecule has 0 aliphatic heterocycles. The van der Waals surface area contributed by atoms with Gasteiger partial charge in [0, 0.05) is 12.6 Å². The molecule has 7 nitrogen and oxygen atoms in total. The van der Waals surface area contributed by atoms with Gasteiger partial charge in [-0.15, -0.1) is 0 Å². The largest absolute Gasteiger partial charge is 0.352 e. The van der Waals surface area contributed by atoms with E-state index in [0.29, 0.717) is 12.1 Å². The molecule has 44 heavy (non-hydrogen) atoms. The van der Waals surface area contributed by atoms with Gasteiger partial charge in [0.2, 0.25) is 21.8 Å². The van der Waals surface area contributed by atoms with Crippen LogP contribution in [-0.2, 0) is 31.6 Å².